The third-order valence-corrected chi connectivity index (χ3v) is 6.09. The number of carbonyl (C=O) groups is 2. The summed E-state index contributed by atoms with van der Waals surface area (Å²) in [4.78, 5) is 28.8. The maximum Gasteiger partial charge on any atom is 0.261 e. The van der Waals surface area contributed by atoms with E-state index in [-0.39, 0.29) is 24.3 Å². The van der Waals surface area contributed by atoms with Gasteiger partial charge in [-0.1, -0.05) is 36.8 Å². The smallest absolute Gasteiger partial charge is 0.261 e. The second-order valence-corrected chi connectivity index (χ2v) is 8.19. The molecule has 5 heteroatoms. The fraction of sp³-hybridized carbons (Fsp3) is 0.429. The molecule has 138 valence electrons. The average molecular weight is 371 g/mol. The maximum absolute atomic E-state index is 12.9. The van der Waals surface area contributed by atoms with Crippen LogP contribution in [0.4, 0.5) is 0 Å². The van der Waals surface area contributed by atoms with E-state index >= 15 is 0 Å². The van der Waals surface area contributed by atoms with Crippen LogP contribution in [0.3, 0.4) is 0 Å². The molecule has 26 heavy (non-hydrogen) atoms. The third-order valence-electron chi connectivity index (χ3n) is 4.86. The van der Waals surface area contributed by atoms with Gasteiger partial charge in [-0.15, -0.1) is 11.3 Å². The lowest BCUT2D eigenvalue weighted by molar-refractivity contribution is -0.129. The quantitative estimate of drug-likeness (QED) is 0.810. The molecule has 1 aromatic carbocycles. The summed E-state index contributed by atoms with van der Waals surface area (Å²) in [6, 6.07) is 11.4. The highest BCUT2D eigenvalue weighted by molar-refractivity contribution is 7.14. The second-order valence-electron chi connectivity index (χ2n) is 7.05. The van der Waals surface area contributed by atoms with Crippen molar-refractivity contribution in [3.8, 4) is 0 Å². The van der Waals surface area contributed by atoms with Crippen LogP contribution in [0.1, 0.15) is 57.4 Å². The molecule has 1 atom stereocenters. The first-order valence-corrected chi connectivity index (χ1v) is 10.0. The van der Waals surface area contributed by atoms with E-state index in [0.29, 0.717) is 0 Å². The molecule has 1 aliphatic carbocycles. The summed E-state index contributed by atoms with van der Waals surface area (Å²) in [6.07, 6.45) is 6.08. The Balaban J connectivity index is 1.77. The van der Waals surface area contributed by atoms with Crippen molar-refractivity contribution in [2.24, 2.45) is 0 Å². The first-order chi connectivity index (χ1) is 12.5. The molecule has 0 saturated heterocycles. The fourth-order valence-electron chi connectivity index (χ4n) is 3.30. The van der Waals surface area contributed by atoms with E-state index in [1.807, 2.05) is 30.3 Å². The highest BCUT2D eigenvalue weighted by Gasteiger charge is 2.22. The van der Waals surface area contributed by atoms with Crippen LogP contribution in [0.15, 0.2) is 36.4 Å². The van der Waals surface area contributed by atoms with Gasteiger partial charge in [0.2, 0.25) is 5.91 Å². The Bertz CT molecular complexity index is 744. The molecule has 1 aromatic heterocycles. The highest BCUT2D eigenvalue weighted by Crippen LogP contribution is 2.29. The van der Waals surface area contributed by atoms with Crippen LogP contribution in [0, 0.1) is 0 Å². The van der Waals surface area contributed by atoms with Gasteiger partial charge in [-0.2, -0.15) is 0 Å². The number of nitrogens with one attached hydrogen (secondary N) is 1. The van der Waals surface area contributed by atoms with Gasteiger partial charge in [0.25, 0.3) is 5.91 Å². The van der Waals surface area contributed by atoms with Crippen molar-refractivity contribution in [2.45, 2.75) is 44.6 Å². The number of hydrogen-bond donors (Lipinski definition) is 1. The van der Waals surface area contributed by atoms with Gasteiger partial charge >= 0.3 is 0 Å². The first kappa shape index (κ1) is 18.6. The molecular weight excluding hydrogens is 344 g/mol. The minimum absolute atomic E-state index is 0.00103. The molecule has 0 fully saturated rings. The monoisotopic (exact) mass is 370 g/mol. The molecule has 4 nitrogen and oxygen atoms in total. The van der Waals surface area contributed by atoms with Crippen LogP contribution in [0.25, 0.3) is 0 Å². The number of nitrogens with zero attached hydrogens (tertiary/aromatic N) is 1. The minimum Gasteiger partial charge on any atom is -0.349 e. The number of aryl methyl sites for hydroxylation is 2. The van der Waals surface area contributed by atoms with Crippen LogP contribution in [0.5, 0.6) is 0 Å². The molecule has 2 aromatic rings. The second kappa shape index (κ2) is 8.49. The molecule has 1 heterocycles. The van der Waals surface area contributed by atoms with Crippen LogP contribution >= 0.6 is 11.3 Å². The van der Waals surface area contributed by atoms with Crippen LogP contribution < -0.4 is 5.32 Å². The lowest BCUT2D eigenvalue weighted by Gasteiger charge is -2.20. The zero-order valence-electron chi connectivity index (χ0n) is 15.5. The molecule has 1 aliphatic rings. The zero-order valence-corrected chi connectivity index (χ0v) is 16.3. The summed E-state index contributed by atoms with van der Waals surface area (Å²) < 4.78 is 0. The van der Waals surface area contributed by atoms with Crippen molar-refractivity contribution >= 4 is 23.2 Å². The maximum atomic E-state index is 12.9. The van der Waals surface area contributed by atoms with Crippen molar-refractivity contribution in [3.63, 3.8) is 0 Å². The summed E-state index contributed by atoms with van der Waals surface area (Å²) in [6.45, 7) is 0. The van der Waals surface area contributed by atoms with Crippen molar-refractivity contribution in [2.75, 3.05) is 14.1 Å². The Labute approximate surface area is 159 Å². The van der Waals surface area contributed by atoms with Crippen LogP contribution in [0.2, 0.25) is 0 Å². The van der Waals surface area contributed by atoms with E-state index in [2.05, 4.69) is 11.4 Å². The Hall–Kier alpha value is -2.14. The van der Waals surface area contributed by atoms with Gasteiger partial charge in [0.15, 0.2) is 0 Å². The van der Waals surface area contributed by atoms with Gasteiger partial charge in [-0.25, -0.2) is 0 Å². The lowest BCUT2D eigenvalue weighted by atomic mass is 10.0. The molecule has 1 N–H and O–H groups in total. The first-order valence-electron chi connectivity index (χ1n) is 9.22. The number of fused-ring (bicyclic) bond motifs is 1. The molecule has 0 aliphatic heterocycles. The van der Waals surface area contributed by atoms with Gasteiger partial charge in [-0.05, 0) is 42.9 Å². The molecule has 0 saturated carbocycles. The Morgan fingerprint density at radius 2 is 1.85 bits per heavy atom. The molecular formula is C21H26N2O2S. The number of rotatable bonds is 5. The number of carbonyl (C=O) groups excluding carboxylic acids is 2. The Morgan fingerprint density at radius 3 is 2.58 bits per heavy atom. The van der Waals surface area contributed by atoms with Crippen molar-refractivity contribution < 1.29 is 9.59 Å². The van der Waals surface area contributed by atoms with Gasteiger partial charge in [0, 0.05) is 19.0 Å². The predicted octanol–water partition coefficient (Wildman–Crippen LogP) is 3.97. The van der Waals surface area contributed by atoms with E-state index in [1.165, 1.54) is 29.7 Å². The van der Waals surface area contributed by atoms with E-state index in [4.69, 9.17) is 0 Å². The molecule has 0 radical (unpaired) electrons. The fourth-order valence-corrected chi connectivity index (χ4v) is 4.46. The number of benzene rings is 1. The van der Waals surface area contributed by atoms with Gasteiger partial charge in [0.1, 0.15) is 0 Å². The van der Waals surface area contributed by atoms with E-state index in [1.54, 1.807) is 30.3 Å². The molecule has 2 amide bonds. The SMILES string of the molecule is CN(C)C(=O)C[C@H](NC(=O)c1cc2c(s1)CCCCC2)c1ccccc1. The number of hydrogen-bond acceptors (Lipinski definition) is 3. The Kier molecular flexibility index (Phi) is 6.09. The van der Waals surface area contributed by atoms with Gasteiger partial charge in [-0.3, -0.25) is 9.59 Å². The average Bonchev–Trinajstić information content (AvgIpc) is 2.92. The van der Waals surface area contributed by atoms with E-state index < -0.39 is 0 Å². The minimum atomic E-state index is -0.319. The van der Waals surface area contributed by atoms with Gasteiger partial charge < -0.3 is 10.2 Å². The standard InChI is InChI=1S/C21H26N2O2S/c1-23(2)20(24)14-17(15-9-5-3-6-10-15)22-21(25)19-13-16-11-7-4-8-12-18(16)26-19/h3,5-6,9-10,13,17H,4,7-8,11-12,14H2,1-2H3,(H,22,25)/t17-/m0/s1. The Morgan fingerprint density at radius 1 is 1.12 bits per heavy atom. The van der Waals surface area contributed by atoms with Crippen LogP contribution in [-0.4, -0.2) is 30.8 Å². The van der Waals surface area contributed by atoms with E-state index in [9.17, 15) is 9.59 Å². The third kappa shape index (κ3) is 4.52. The van der Waals surface area contributed by atoms with E-state index in [0.717, 1.165) is 23.3 Å². The summed E-state index contributed by atoms with van der Waals surface area (Å²) in [5.41, 5.74) is 2.28. The summed E-state index contributed by atoms with van der Waals surface area (Å²) in [5, 5.41) is 3.08. The zero-order chi connectivity index (χ0) is 18.5. The van der Waals surface area contributed by atoms with Gasteiger partial charge in [0.05, 0.1) is 17.3 Å². The molecule has 3 rings (SSSR count). The van der Waals surface area contributed by atoms with Crippen molar-refractivity contribution in [1.29, 1.82) is 0 Å². The molecule has 0 unspecified atom stereocenters. The van der Waals surface area contributed by atoms with Crippen molar-refractivity contribution in [1.82, 2.24) is 10.2 Å². The topological polar surface area (TPSA) is 49.4 Å². The molecule has 0 spiro atoms. The largest absolute Gasteiger partial charge is 0.349 e. The lowest BCUT2D eigenvalue weighted by Crippen LogP contribution is -2.33. The molecule has 0 bridgehead atoms. The number of amides is 2. The summed E-state index contributed by atoms with van der Waals surface area (Å²) >= 11 is 1.61. The number of thiophene rings is 1. The summed E-state index contributed by atoms with van der Waals surface area (Å²) in [5.74, 6) is -0.0791. The predicted molar refractivity (Wildman–Crippen MR) is 106 cm³/mol. The summed E-state index contributed by atoms with van der Waals surface area (Å²) in [7, 11) is 3.48. The highest BCUT2D eigenvalue weighted by atomic mass is 32.1. The van der Waals surface area contributed by atoms with Crippen molar-refractivity contribution in [3.05, 3.63) is 57.3 Å². The van der Waals surface area contributed by atoms with Crippen LogP contribution in [-0.2, 0) is 17.6 Å². The normalized spacial score (nSPS) is 14.8.